The second-order valence-electron chi connectivity index (χ2n) is 6.72. The van der Waals surface area contributed by atoms with Gasteiger partial charge in [-0.05, 0) is 43.0 Å². The predicted molar refractivity (Wildman–Crippen MR) is 80.2 cm³/mol. The summed E-state index contributed by atoms with van der Waals surface area (Å²) in [6.07, 6.45) is 2.56. The van der Waals surface area contributed by atoms with Gasteiger partial charge in [0, 0.05) is 25.7 Å². The molecule has 0 spiro atoms. The Hall–Kier alpha value is -1.39. The Morgan fingerprint density at radius 2 is 1.90 bits per heavy atom. The Morgan fingerprint density at radius 3 is 2.57 bits per heavy atom. The van der Waals surface area contributed by atoms with Gasteiger partial charge in [0.1, 0.15) is 0 Å². The first-order chi connectivity index (χ1) is 10.2. The highest BCUT2D eigenvalue weighted by Crippen LogP contribution is 2.36. The van der Waals surface area contributed by atoms with Gasteiger partial charge in [-0.3, -0.25) is 9.69 Å². The molecule has 5 rings (SSSR count). The molecule has 1 N–H and O–H groups in total. The molecule has 3 saturated heterocycles. The number of carbonyl (C=O) groups is 1. The summed E-state index contributed by atoms with van der Waals surface area (Å²) in [5.41, 5.74) is 2.22. The highest BCUT2D eigenvalue weighted by Gasteiger charge is 2.41. The summed E-state index contributed by atoms with van der Waals surface area (Å²) < 4.78 is 0. The number of piperidine rings is 3. The fraction of sp³-hybridized carbons (Fsp3) is 0.588. The Kier molecular flexibility index (Phi) is 3.23. The molecule has 2 bridgehead atoms. The standard InChI is InChI=1S/C17H22N2O2/c20-17(21)15-10-19(9-13-3-1-2-4-14(13)15)16-11-18-7-5-12(16)6-8-18/h1-4,12,15-16H,5-11H2,(H,20,21). The van der Waals surface area contributed by atoms with Gasteiger partial charge in [0.05, 0.1) is 5.92 Å². The Morgan fingerprint density at radius 1 is 1.14 bits per heavy atom. The molecule has 0 amide bonds. The van der Waals surface area contributed by atoms with Crippen molar-refractivity contribution >= 4 is 5.97 Å². The summed E-state index contributed by atoms with van der Waals surface area (Å²) in [6, 6.07) is 8.61. The van der Waals surface area contributed by atoms with Crippen LogP contribution in [0.15, 0.2) is 24.3 Å². The predicted octanol–water partition coefficient (Wildman–Crippen LogP) is 1.76. The molecule has 1 aromatic carbocycles. The lowest BCUT2D eigenvalue weighted by Gasteiger charge is -2.50. The van der Waals surface area contributed by atoms with Crippen LogP contribution in [0, 0.1) is 5.92 Å². The first-order valence-electron chi connectivity index (χ1n) is 7.99. The molecule has 0 saturated carbocycles. The molecule has 0 radical (unpaired) electrons. The number of fused-ring (bicyclic) bond motifs is 4. The molecular formula is C17H22N2O2. The van der Waals surface area contributed by atoms with Crippen molar-refractivity contribution < 1.29 is 9.90 Å². The minimum atomic E-state index is -0.687. The van der Waals surface area contributed by atoms with E-state index in [0.717, 1.165) is 24.6 Å². The number of benzene rings is 1. The molecule has 4 aliphatic heterocycles. The minimum absolute atomic E-state index is 0.370. The Labute approximate surface area is 125 Å². The maximum absolute atomic E-state index is 11.7. The lowest BCUT2D eigenvalue weighted by Crippen LogP contribution is -2.58. The van der Waals surface area contributed by atoms with Crippen molar-refractivity contribution in [3.8, 4) is 0 Å². The van der Waals surface area contributed by atoms with Crippen LogP contribution in [-0.4, -0.2) is 53.1 Å². The van der Waals surface area contributed by atoms with Gasteiger partial charge in [0.25, 0.3) is 0 Å². The van der Waals surface area contributed by atoms with Gasteiger partial charge in [-0.2, -0.15) is 0 Å². The third-order valence-electron chi connectivity index (χ3n) is 5.61. The number of nitrogens with zero attached hydrogens (tertiary/aromatic N) is 2. The molecule has 4 heterocycles. The Bertz CT molecular complexity index is 551. The van der Waals surface area contributed by atoms with E-state index in [1.165, 1.54) is 31.5 Å². The second-order valence-corrected chi connectivity index (χ2v) is 6.72. The number of rotatable bonds is 2. The molecule has 2 atom stereocenters. The van der Waals surface area contributed by atoms with Gasteiger partial charge >= 0.3 is 5.97 Å². The van der Waals surface area contributed by atoms with E-state index >= 15 is 0 Å². The number of hydrogen-bond acceptors (Lipinski definition) is 3. The third-order valence-corrected chi connectivity index (χ3v) is 5.61. The van der Waals surface area contributed by atoms with E-state index in [1.54, 1.807) is 0 Å². The first kappa shape index (κ1) is 13.3. The monoisotopic (exact) mass is 286 g/mol. The van der Waals surface area contributed by atoms with Gasteiger partial charge in [0.15, 0.2) is 0 Å². The van der Waals surface area contributed by atoms with Crippen molar-refractivity contribution in [1.82, 2.24) is 9.80 Å². The molecule has 0 aromatic heterocycles. The van der Waals surface area contributed by atoms with Crippen LogP contribution in [0.2, 0.25) is 0 Å². The maximum Gasteiger partial charge on any atom is 0.312 e. The van der Waals surface area contributed by atoms with Crippen LogP contribution in [0.1, 0.15) is 29.9 Å². The molecule has 4 heteroatoms. The summed E-state index contributed by atoms with van der Waals surface area (Å²) in [7, 11) is 0. The van der Waals surface area contributed by atoms with Crippen molar-refractivity contribution in [3.63, 3.8) is 0 Å². The highest BCUT2D eigenvalue weighted by molar-refractivity contribution is 5.77. The average molecular weight is 286 g/mol. The topological polar surface area (TPSA) is 43.8 Å². The third kappa shape index (κ3) is 2.27. The van der Waals surface area contributed by atoms with E-state index in [0.29, 0.717) is 12.6 Å². The Balaban J connectivity index is 1.62. The summed E-state index contributed by atoms with van der Waals surface area (Å²) in [5, 5.41) is 9.60. The van der Waals surface area contributed by atoms with Crippen LogP contribution in [0.4, 0.5) is 0 Å². The van der Waals surface area contributed by atoms with E-state index in [9.17, 15) is 9.90 Å². The van der Waals surface area contributed by atoms with Gasteiger partial charge in [-0.25, -0.2) is 0 Å². The zero-order chi connectivity index (χ0) is 14.4. The molecule has 4 aliphatic rings. The van der Waals surface area contributed by atoms with Crippen molar-refractivity contribution in [3.05, 3.63) is 35.4 Å². The minimum Gasteiger partial charge on any atom is -0.481 e. The summed E-state index contributed by atoms with van der Waals surface area (Å²) in [4.78, 5) is 16.7. The van der Waals surface area contributed by atoms with Gasteiger partial charge in [0.2, 0.25) is 0 Å². The zero-order valence-corrected chi connectivity index (χ0v) is 12.2. The quantitative estimate of drug-likeness (QED) is 0.900. The maximum atomic E-state index is 11.7. The van der Waals surface area contributed by atoms with Crippen molar-refractivity contribution in [2.45, 2.75) is 31.3 Å². The van der Waals surface area contributed by atoms with Crippen molar-refractivity contribution in [2.24, 2.45) is 5.92 Å². The van der Waals surface area contributed by atoms with Crippen LogP contribution >= 0.6 is 0 Å². The molecule has 112 valence electrons. The lowest BCUT2D eigenvalue weighted by atomic mass is 9.80. The van der Waals surface area contributed by atoms with Crippen LogP contribution in [0.5, 0.6) is 0 Å². The molecule has 0 aliphatic carbocycles. The fourth-order valence-corrected chi connectivity index (χ4v) is 4.45. The lowest BCUT2D eigenvalue weighted by molar-refractivity contribution is -0.140. The van der Waals surface area contributed by atoms with Crippen LogP contribution in [0.25, 0.3) is 0 Å². The number of hydrogen-bond donors (Lipinski definition) is 1. The molecule has 2 unspecified atom stereocenters. The van der Waals surface area contributed by atoms with Gasteiger partial charge in [-0.1, -0.05) is 24.3 Å². The SMILES string of the molecule is O=C(O)C1CN(C2CN3CCC2CC3)Cc2ccccc21. The normalized spacial score (nSPS) is 35.4. The number of carboxylic acid groups (broad SMARTS) is 1. The molecular weight excluding hydrogens is 264 g/mol. The largest absolute Gasteiger partial charge is 0.481 e. The van der Waals surface area contributed by atoms with E-state index in [1.807, 2.05) is 18.2 Å². The summed E-state index contributed by atoms with van der Waals surface area (Å²) in [6.45, 7) is 5.16. The van der Waals surface area contributed by atoms with E-state index in [4.69, 9.17) is 0 Å². The summed E-state index contributed by atoms with van der Waals surface area (Å²) >= 11 is 0. The smallest absolute Gasteiger partial charge is 0.312 e. The van der Waals surface area contributed by atoms with Crippen molar-refractivity contribution in [1.29, 1.82) is 0 Å². The average Bonchev–Trinajstić information content (AvgIpc) is 2.54. The molecule has 3 fully saturated rings. The van der Waals surface area contributed by atoms with E-state index < -0.39 is 5.97 Å². The highest BCUT2D eigenvalue weighted by atomic mass is 16.4. The van der Waals surface area contributed by atoms with E-state index in [2.05, 4.69) is 15.9 Å². The van der Waals surface area contributed by atoms with Crippen molar-refractivity contribution in [2.75, 3.05) is 26.2 Å². The summed E-state index contributed by atoms with van der Waals surface area (Å²) in [5.74, 6) is -0.298. The van der Waals surface area contributed by atoms with Crippen LogP contribution in [0.3, 0.4) is 0 Å². The van der Waals surface area contributed by atoms with Gasteiger partial charge in [-0.15, -0.1) is 0 Å². The van der Waals surface area contributed by atoms with Crippen LogP contribution < -0.4 is 0 Å². The fourth-order valence-electron chi connectivity index (χ4n) is 4.45. The molecule has 21 heavy (non-hydrogen) atoms. The van der Waals surface area contributed by atoms with Crippen LogP contribution in [-0.2, 0) is 11.3 Å². The second kappa shape index (κ2) is 5.11. The molecule has 1 aromatic rings. The zero-order valence-electron chi connectivity index (χ0n) is 12.2. The molecule has 4 nitrogen and oxygen atoms in total. The number of aliphatic carboxylic acids is 1. The first-order valence-corrected chi connectivity index (χ1v) is 7.99. The number of carboxylic acids is 1. The van der Waals surface area contributed by atoms with Gasteiger partial charge < -0.3 is 10.0 Å². The van der Waals surface area contributed by atoms with E-state index in [-0.39, 0.29) is 5.92 Å².